The molecule has 0 aromatic heterocycles. The van der Waals surface area contributed by atoms with Gasteiger partial charge >= 0.3 is 0 Å². The number of hydrogen-bond donors (Lipinski definition) is 0. The van der Waals surface area contributed by atoms with Gasteiger partial charge < -0.3 is 9.57 Å². The van der Waals surface area contributed by atoms with E-state index in [9.17, 15) is 4.79 Å². The number of methoxy groups -OCH3 is 1. The lowest BCUT2D eigenvalue weighted by Crippen LogP contribution is -2.37. The zero-order valence-electron chi connectivity index (χ0n) is 12.2. The second kappa shape index (κ2) is 5.55. The standard InChI is InChI=1S/C14H23NO3/c1-7-18-15-10(3)12-11(17-6)8-14(4,5)9(2)13(12)16/h9H,7-8H2,1-6H3/b15-10-. The molecule has 0 heterocycles. The molecule has 0 amide bonds. The quantitative estimate of drug-likeness (QED) is 0.571. The van der Waals surface area contributed by atoms with Crippen molar-refractivity contribution in [3.63, 3.8) is 0 Å². The maximum Gasteiger partial charge on any atom is 0.171 e. The van der Waals surface area contributed by atoms with Crippen molar-refractivity contribution in [1.29, 1.82) is 0 Å². The number of rotatable bonds is 4. The monoisotopic (exact) mass is 253 g/mol. The Morgan fingerprint density at radius 1 is 1.50 bits per heavy atom. The van der Waals surface area contributed by atoms with Gasteiger partial charge in [-0.2, -0.15) is 0 Å². The van der Waals surface area contributed by atoms with Gasteiger partial charge in [0.2, 0.25) is 0 Å². The molecule has 0 radical (unpaired) electrons. The molecule has 18 heavy (non-hydrogen) atoms. The highest BCUT2D eigenvalue weighted by molar-refractivity contribution is 6.23. The lowest BCUT2D eigenvalue weighted by molar-refractivity contribution is -0.123. The fourth-order valence-corrected chi connectivity index (χ4v) is 2.13. The summed E-state index contributed by atoms with van der Waals surface area (Å²) in [5.74, 6) is 0.756. The number of Topliss-reactive ketones (excluding diaryl/α,β-unsaturated/α-hetero) is 1. The van der Waals surface area contributed by atoms with Crippen LogP contribution >= 0.6 is 0 Å². The van der Waals surface area contributed by atoms with Crippen LogP contribution in [0.4, 0.5) is 0 Å². The van der Waals surface area contributed by atoms with E-state index in [1.165, 1.54) is 0 Å². The number of allylic oxidation sites excluding steroid dienone is 2. The molecule has 0 saturated heterocycles. The minimum Gasteiger partial charge on any atom is -0.500 e. The molecule has 1 rings (SSSR count). The minimum absolute atomic E-state index is 0.0434. The highest BCUT2D eigenvalue weighted by Crippen LogP contribution is 2.41. The predicted molar refractivity (Wildman–Crippen MR) is 71.3 cm³/mol. The van der Waals surface area contributed by atoms with Crippen molar-refractivity contribution < 1.29 is 14.4 Å². The van der Waals surface area contributed by atoms with Gasteiger partial charge in [0.15, 0.2) is 5.78 Å². The minimum atomic E-state index is -0.0855. The average molecular weight is 253 g/mol. The van der Waals surface area contributed by atoms with E-state index in [0.717, 1.165) is 6.42 Å². The third kappa shape index (κ3) is 2.74. The van der Waals surface area contributed by atoms with Crippen LogP contribution in [0, 0.1) is 11.3 Å². The normalized spacial score (nSPS) is 24.2. The molecule has 0 aromatic rings. The molecule has 0 spiro atoms. The molecule has 0 saturated carbocycles. The summed E-state index contributed by atoms with van der Waals surface area (Å²) in [7, 11) is 1.60. The zero-order valence-corrected chi connectivity index (χ0v) is 12.2. The van der Waals surface area contributed by atoms with Crippen molar-refractivity contribution in [2.45, 2.75) is 41.0 Å². The molecule has 4 heteroatoms. The number of carbonyl (C=O) groups excluding carboxylic acids is 1. The highest BCUT2D eigenvalue weighted by Gasteiger charge is 2.41. The molecule has 0 bridgehead atoms. The number of hydrogen-bond acceptors (Lipinski definition) is 4. The molecule has 1 atom stereocenters. The summed E-state index contributed by atoms with van der Waals surface area (Å²) < 4.78 is 5.38. The van der Waals surface area contributed by atoms with Crippen molar-refractivity contribution in [3.05, 3.63) is 11.3 Å². The van der Waals surface area contributed by atoms with Crippen molar-refractivity contribution in [3.8, 4) is 0 Å². The van der Waals surface area contributed by atoms with Crippen LogP contribution in [0.2, 0.25) is 0 Å². The van der Waals surface area contributed by atoms with E-state index in [-0.39, 0.29) is 17.1 Å². The summed E-state index contributed by atoms with van der Waals surface area (Å²) in [6, 6.07) is 0. The molecular weight excluding hydrogens is 230 g/mol. The number of ketones is 1. The maximum absolute atomic E-state index is 12.4. The second-order valence-corrected chi connectivity index (χ2v) is 5.35. The van der Waals surface area contributed by atoms with E-state index in [4.69, 9.17) is 9.57 Å². The fourth-order valence-electron chi connectivity index (χ4n) is 2.13. The summed E-state index contributed by atoms with van der Waals surface area (Å²) in [5, 5.41) is 3.96. The highest BCUT2D eigenvalue weighted by atomic mass is 16.6. The Labute approximate surface area is 109 Å². The van der Waals surface area contributed by atoms with Crippen LogP contribution in [-0.2, 0) is 14.4 Å². The van der Waals surface area contributed by atoms with E-state index in [1.807, 2.05) is 13.8 Å². The molecular formula is C14H23NO3. The van der Waals surface area contributed by atoms with Gasteiger partial charge in [0.1, 0.15) is 12.4 Å². The van der Waals surface area contributed by atoms with Gasteiger partial charge in [-0.3, -0.25) is 4.79 Å². The summed E-state index contributed by atoms with van der Waals surface area (Å²) in [4.78, 5) is 17.5. The molecule has 1 aliphatic carbocycles. The lowest BCUT2D eigenvalue weighted by Gasteiger charge is -2.36. The first-order valence-electron chi connectivity index (χ1n) is 6.33. The summed E-state index contributed by atoms with van der Waals surface area (Å²) in [6.45, 7) is 10.3. The molecule has 4 nitrogen and oxygen atoms in total. The Bertz CT molecular complexity index is 394. The molecule has 0 aliphatic heterocycles. The van der Waals surface area contributed by atoms with Gasteiger partial charge in [-0.25, -0.2) is 0 Å². The van der Waals surface area contributed by atoms with Gasteiger partial charge in [-0.15, -0.1) is 0 Å². The van der Waals surface area contributed by atoms with Crippen LogP contribution in [0.15, 0.2) is 16.5 Å². The number of ether oxygens (including phenoxy) is 1. The smallest absolute Gasteiger partial charge is 0.171 e. The van der Waals surface area contributed by atoms with E-state index in [2.05, 4.69) is 19.0 Å². The Morgan fingerprint density at radius 3 is 2.61 bits per heavy atom. The van der Waals surface area contributed by atoms with Gasteiger partial charge in [0.05, 0.1) is 18.4 Å². The van der Waals surface area contributed by atoms with Crippen LogP contribution in [-0.4, -0.2) is 25.2 Å². The van der Waals surface area contributed by atoms with Crippen LogP contribution in [0.5, 0.6) is 0 Å². The second-order valence-electron chi connectivity index (χ2n) is 5.35. The van der Waals surface area contributed by atoms with Gasteiger partial charge in [0, 0.05) is 12.3 Å². The Hall–Kier alpha value is -1.32. The van der Waals surface area contributed by atoms with Crippen LogP contribution in [0.3, 0.4) is 0 Å². The number of oxime groups is 1. The molecule has 0 fully saturated rings. The summed E-state index contributed by atoms with van der Waals surface area (Å²) >= 11 is 0. The topological polar surface area (TPSA) is 47.9 Å². The van der Waals surface area contributed by atoms with Gasteiger partial charge in [-0.1, -0.05) is 25.9 Å². The first kappa shape index (κ1) is 14.7. The van der Waals surface area contributed by atoms with Crippen molar-refractivity contribution in [1.82, 2.24) is 0 Å². The van der Waals surface area contributed by atoms with E-state index >= 15 is 0 Å². The Morgan fingerprint density at radius 2 is 2.11 bits per heavy atom. The summed E-state index contributed by atoms with van der Waals surface area (Å²) in [6.07, 6.45) is 0.741. The van der Waals surface area contributed by atoms with Gasteiger partial charge in [0.25, 0.3) is 0 Å². The third-order valence-electron chi connectivity index (χ3n) is 3.65. The van der Waals surface area contributed by atoms with Crippen molar-refractivity contribution in [2.24, 2.45) is 16.5 Å². The molecule has 1 unspecified atom stereocenters. The molecule has 0 N–H and O–H groups in total. The molecule has 1 aliphatic rings. The Balaban J connectivity index is 3.20. The first-order chi connectivity index (χ1) is 8.35. The van der Waals surface area contributed by atoms with E-state index < -0.39 is 0 Å². The molecule has 102 valence electrons. The lowest BCUT2D eigenvalue weighted by atomic mass is 9.68. The molecule has 0 aromatic carbocycles. The van der Waals surface area contributed by atoms with Crippen LogP contribution in [0.25, 0.3) is 0 Å². The fraction of sp³-hybridized carbons (Fsp3) is 0.714. The van der Waals surface area contributed by atoms with Crippen LogP contribution in [0.1, 0.15) is 41.0 Å². The summed E-state index contributed by atoms with van der Waals surface area (Å²) in [5.41, 5.74) is 1.09. The maximum atomic E-state index is 12.4. The van der Waals surface area contributed by atoms with Crippen molar-refractivity contribution >= 4 is 11.5 Å². The average Bonchev–Trinajstić information content (AvgIpc) is 2.32. The number of carbonyl (C=O) groups is 1. The first-order valence-corrected chi connectivity index (χ1v) is 6.33. The van der Waals surface area contributed by atoms with Crippen molar-refractivity contribution in [2.75, 3.05) is 13.7 Å². The SMILES string of the molecule is CCO/N=C(/C)C1=C(OC)CC(C)(C)C(C)C1=O. The largest absolute Gasteiger partial charge is 0.500 e. The van der Waals surface area contributed by atoms with Gasteiger partial charge in [-0.05, 0) is 19.3 Å². The zero-order chi connectivity index (χ0) is 13.9. The van der Waals surface area contributed by atoms with Crippen LogP contribution < -0.4 is 0 Å². The Kier molecular flexibility index (Phi) is 4.54. The third-order valence-corrected chi connectivity index (χ3v) is 3.65. The van der Waals surface area contributed by atoms with E-state index in [0.29, 0.717) is 23.7 Å². The number of nitrogens with zero attached hydrogens (tertiary/aromatic N) is 1. The van der Waals surface area contributed by atoms with E-state index in [1.54, 1.807) is 14.0 Å². The predicted octanol–water partition coefficient (Wildman–Crippen LogP) is 2.93.